The Balaban J connectivity index is 1.57. The van der Waals surface area contributed by atoms with Crippen molar-refractivity contribution in [1.29, 1.82) is 0 Å². The van der Waals surface area contributed by atoms with E-state index in [0.29, 0.717) is 27.6 Å². The van der Waals surface area contributed by atoms with Gasteiger partial charge in [0.05, 0.1) is 12.7 Å². The van der Waals surface area contributed by atoms with Crippen LogP contribution in [-0.4, -0.2) is 18.9 Å². The van der Waals surface area contributed by atoms with Crippen LogP contribution in [0, 0.1) is 0 Å². The van der Waals surface area contributed by atoms with Gasteiger partial charge in [-0.25, -0.2) is 4.79 Å². The Morgan fingerprint density at radius 1 is 1.03 bits per heavy atom. The van der Waals surface area contributed by atoms with Gasteiger partial charge in [-0.15, -0.1) is 0 Å². The molecule has 29 heavy (non-hydrogen) atoms. The minimum atomic E-state index is -0.568. The Kier molecular flexibility index (Phi) is 5.06. The van der Waals surface area contributed by atoms with E-state index in [0.717, 1.165) is 5.56 Å². The van der Waals surface area contributed by atoms with Gasteiger partial charge in [0.1, 0.15) is 22.8 Å². The van der Waals surface area contributed by atoms with Gasteiger partial charge in [0.15, 0.2) is 5.76 Å². The van der Waals surface area contributed by atoms with Crippen LogP contribution >= 0.6 is 11.6 Å². The molecule has 0 bridgehead atoms. The molecule has 0 aliphatic carbocycles. The number of methoxy groups -OCH3 is 1. The van der Waals surface area contributed by atoms with E-state index >= 15 is 0 Å². The number of fused-ring (bicyclic) bond motifs is 1. The third kappa shape index (κ3) is 3.86. The zero-order valence-electron chi connectivity index (χ0n) is 15.3. The summed E-state index contributed by atoms with van der Waals surface area (Å²) >= 11 is 5.98. The normalized spacial score (nSPS) is 13.7. The average molecular weight is 407 g/mol. The first kappa shape index (κ1) is 18.8. The molecule has 0 fully saturated rings. The smallest absolute Gasteiger partial charge is 0.347 e. The SMILES string of the molecule is COc1ccccc1C(=O)Oc1ccc2c(c1)O/C(=C\c1cccc(Cl)c1)C2=O. The lowest BCUT2D eigenvalue weighted by atomic mass is 10.1. The molecule has 0 aromatic heterocycles. The van der Waals surface area contributed by atoms with Crippen molar-refractivity contribution < 1.29 is 23.8 Å². The van der Waals surface area contributed by atoms with E-state index in [2.05, 4.69) is 0 Å². The second-order valence-corrected chi connectivity index (χ2v) is 6.68. The van der Waals surface area contributed by atoms with Crippen molar-refractivity contribution in [3.63, 3.8) is 0 Å². The number of hydrogen-bond donors (Lipinski definition) is 0. The second-order valence-electron chi connectivity index (χ2n) is 6.24. The number of carbonyl (C=O) groups is 2. The lowest BCUT2D eigenvalue weighted by Gasteiger charge is -2.08. The summed E-state index contributed by atoms with van der Waals surface area (Å²) in [7, 11) is 1.48. The Morgan fingerprint density at radius 2 is 1.86 bits per heavy atom. The first-order chi connectivity index (χ1) is 14.0. The maximum atomic E-state index is 12.6. The number of ether oxygens (including phenoxy) is 3. The highest BCUT2D eigenvalue weighted by molar-refractivity contribution is 6.30. The lowest BCUT2D eigenvalue weighted by molar-refractivity contribution is 0.0731. The number of Topliss-reactive ketones (excluding diaryl/α,β-unsaturated/α-hetero) is 1. The van der Waals surface area contributed by atoms with Gasteiger partial charge in [0, 0.05) is 11.1 Å². The standard InChI is InChI=1S/C23H15ClO5/c1-27-19-8-3-2-7-18(19)23(26)28-16-9-10-17-20(13-16)29-21(22(17)25)12-14-5-4-6-15(24)11-14/h2-13H,1H3/b21-12-. The number of ketones is 1. The summed E-state index contributed by atoms with van der Waals surface area (Å²) in [4.78, 5) is 25.0. The predicted octanol–water partition coefficient (Wildman–Crippen LogP) is 5.18. The minimum Gasteiger partial charge on any atom is -0.496 e. The molecular formula is C23H15ClO5. The summed E-state index contributed by atoms with van der Waals surface area (Å²) in [6, 6.07) is 18.5. The van der Waals surface area contributed by atoms with Gasteiger partial charge in [-0.05, 0) is 48.0 Å². The molecule has 4 rings (SSSR count). The van der Waals surface area contributed by atoms with Crippen molar-refractivity contribution >= 4 is 29.4 Å². The van der Waals surface area contributed by atoms with E-state index in [9.17, 15) is 9.59 Å². The maximum absolute atomic E-state index is 12.6. The van der Waals surface area contributed by atoms with Crippen molar-refractivity contribution in [2.75, 3.05) is 7.11 Å². The van der Waals surface area contributed by atoms with E-state index in [1.165, 1.54) is 13.2 Å². The number of carbonyl (C=O) groups excluding carboxylic acids is 2. The Hall–Kier alpha value is -3.57. The molecule has 6 heteroatoms. The second kappa shape index (κ2) is 7.81. The highest BCUT2D eigenvalue weighted by Crippen LogP contribution is 2.35. The summed E-state index contributed by atoms with van der Waals surface area (Å²) in [6.07, 6.45) is 1.62. The Morgan fingerprint density at radius 3 is 2.66 bits per heavy atom. The number of halogens is 1. The zero-order valence-corrected chi connectivity index (χ0v) is 16.1. The molecule has 0 atom stereocenters. The zero-order chi connectivity index (χ0) is 20.4. The van der Waals surface area contributed by atoms with E-state index in [1.807, 2.05) is 6.07 Å². The Bertz CT molecular complexity index is 1150. The molecule has 0 N–H and O–H groups in total. The van der Waals surface area contributed by atoms with E-state index in [4.69, 9.17) is 25.8 Å². The molecule has 3 aromatic carbocycles. The molecule has 0 saturated carbocycles. The number of allylic oxidation sites excluding steroid dienone is 1. The molecule has 1 heterocycles. The summed E-state index contributed by atoms with van der Waals surface area (Å²) in [5.74, 6) is 0.362. The summed E-state index contributed by atoms with van der Waals surface area (Å²) < 4.78 is 16.3. The van der Waals surface area contributed by atoms with Gasteiger partial charge in [0.2, 0.25) is 5.78 Å². The van der Waals surface area contributed by atoms with Crippen LogP contribution in [0.1, 0.15) is 26.3 Å². The van der Waals surface area contributed by atoms with Crippen molar-refractivity contribution in [2.24, 2.45) is 0 Å². The number of rotatable bonds is 4. The van der Waals surface area contributed by atoms with Crippen molar-refractivity contribution in [3.8, 4) is 17.2 Å². The fourth-order valence-corrected chi connectivity index (χ4v) is 3.15. The van der Waals surface area contributed by atoms with Crippen LogP contribution < -0.4 is 14.2 Å². The van der Waals surface area contributed by atoms with Crippen molar-refractivity contribution in [1.82, 2.24) is 0 Å². The fraction of sp³-hybridized carbons (Fsp3) is 0.0435. The topological polar surface area (TPSA) is 61.8 Å². The monoisotopic (exact) mass is 406 g/mol. The highest BCUT2D eigenvalue weighted by atomic mass is 35.5. The van der Waals surface area contributed by atoms with Crippen LogP contribution in [0.15, 0.2) is 72.5 Å². The van der Waals surface area contributed by atoms with Crippen LogP contribution in [0.4, 0.5) is 0 Å². The van der Waals surface area contributed by atoms with Crippen molar-refractivity contribution in [3.05, 3.63) is 94.2 Å². The van der Waals surface area contributed by atoms with Crippen LogP contribution in [-0.2, 0) is 0 Å². The quantitative estimate of drug-likeness (QED) is 0.339. The molecule has 0 amide bonds. The molecule has 0 spiro atoms. The molecule has 0 saturated heterocycles. The van der Waals surface area contributed by atoms with Gasteiger partial charge in [-0.1, -0.05) is 35.9 Å². The maximum Gasteiger partial charge on any atom is 0.347 e. The minimum absolute atomic E-state index is 0.176. The van der Waals surface area contributed by atoms with Gasteiger partial charge >= 0.3 is 5.97 Å². The molecule has 1 aliphatic rings. The number of esters is 1. The van der Waals surface area contributed by atoms with Gasteiger partial charge in [-0.3, -0.25) is 4.79 Å². The lowest BCUT2D eigenvalue weighted by Crippen LogP contribution is -2.10. The molecule has 3 aromatic rings. The third-order valence-electron chi connectivity index (χ3n) is 4.33. The molecular weight excluding hydrogens is 392 g/mol. The third-order valence-corrected chi connectivity index (χ3v) is 4.56. The summed E-state index contributed by atoms with van der Waals surface area (Å²) in [5, 5.41) is 0.563. The first-order valence-electron chi connectivity index (χ1n) is 8.74. The van der Waals surface area contributed by atoms with Crippen LogP contribution in [0.3, 0.4) is 0 Å². The van der Waals surface area contributed by atoms with Gasteiger partial charge < -0.3 is 14.2 Å². The first-order valence-corrected chi connectivity index (χ1v) is 9.12. The fourth-order valence-electron chi connectivity index (χ4n) is 2.95. The summed E-state index contributed by atoms with van der Waals surface area (Å²) in [5.41, 5.74) is 1.45. The van der Waals surface area contributed by atoms with E-state index in [-0.39, 0.29) is 17.3 Å². The van der Waals surface area contributed by atoms with Crippen molar-refractivity contribution in [2.45, 2.75) is 0 Å². The van der Waals surface area contributed by atoms with E-state index in [1.54, 1.807) is 60.7 Å². The summed E-state index contributed by atoms with van der Waals surface area (Å²) in [6.45, 7) is 0. The molecule has 0 radical (unpaired) electrons. The highest BCUT2D eigenvalue weighted by Gasteiger charge is 2.28. The Labute approximate surface area is 172 Å². The molecule has 144 valence electrons. The molecule has 5 nitrogen and oxygen atoms in total. The van der Waals surface area contributed by atoms with Crippen LogP contribution in [0.2, 0.25) is 5.02 Å². The number of benzene rings is 3. The van der Waals surface area contributed by atoms with Crippen LogP contribution in [0.5, 0.6) is 17.2 Å². The average Bonchev–Trinajstić information content (AvgIpc) is 3.02. The van der Waals surface area contributed by atoms with E-state index < -0.39 is 5.97 Å². The number of para-hydroxylation sites is 1. The largest absolute Gasteiger partial charge is 0.496 e. The van der Waals surface area contributed by atoms with Gasteiger partial charge in [-0.2, -0.15) is 0 Å². The molecule has 0 unspecified atom stereocenters. The number of hydrogen-bond acceptors (Lipinski definition) is 5. The van der Waals surface area contributed by atoms with Gasteiger partial charge in [0.25, 0.3) is 0 Å². The molecule has 1 aliphatic heterocycles. The predicted molar refractivity (Wildman–Crippen MR) is 109 cm³/mol. The van der Waals surface area contributed by atoms with Crippen LogP contribution in [0.25, 0.3) is 6.08 Å².